The van der Waals surface area contributed by atoms with Crippen LogP contribution in [0.1, 0.15) is 11.1 Å². The second-order valence-electron chi connectivity index (χ2n) is 32.2. The molecule has 4 aliphatic rings. The number of benzene rings is 8. The highest BCUT2D eigenvalue weighted by molar-refractivity contribution is 7.20. The number of nitrogens with zero attached hydrogens (tertiary/aromatic N) is 17. The number of thiazole rings is 4. The first-order valence-corrected chi connectivity index (χ1v) is 48.8. The number of morpholine rings is 4. The third-order valence-corrected chi connectivity index (χ3v) is 27.6. The van der Waals surface area contributed by atoms with Crippen LogP contribution in [0, 0.1) is 6.92 Å². The molecule has 34 nitrogen and oxygen atoms in total. The van der Waals surface area contributed by atoms with Gasteiger partial charge in [0, 0.05) is 140 Å². The molecule has 144 heavy (non-hydrogen) atoms. The van der Waals surface area contributed by atoms with Gasteiger partial charge in [-0.2, -0.15) is 33.4 Å². The number of nitrogens with one attached hydrogen (secondary N) is 4. The smallest absolute Gasteiger partial charge is 0.416 e. The van der Waals surface area contributed by atoms with Crippen LogP contribution in [-0.2, 0) is 25.1 Å². The summed E-state index contributed by atoms with van der Waals surface area (Å²) in [5.41, 5.74) is 13.0. The van der Waals surface area contributed by atoms with E-state index < -0.39 is 35.9 Å². The normalized spacial score (nSPS) is 13.5. The fourth-order valence-electron chi connectivity index (χ4n) is 15.2. The second kappa shape index (κ2) is 47.5. The van der Waals surface area contributed by atoms with Crippen LogP contribution in [0.25, 0.3) is 86.9 Å². The largest absolute Gasteiger partial charge is 0.497 e. The van der Waals surface area contributed by atoms with Gasteiger partial charge in [-0.25, -0.2) is 49.1 Å². The Balaban J connectivity index is 0.000000132. The van der Waals surface area contributed by atoms with Crippen LogP contribution in [-0.4, -0.2) is 202 Å². The van der Waals surface area contributed by atoms with E-state index in [2.05, 4.69) is 65.8 Å². The van der Waals surface area contributed by atoms with Gasteiger partial charge in [-0.15, -0.1) is 0 Å². The van der Waals surface area contributed by atoms with Crippen molar-refractivity contribution in [2.45, 2.75) is 13.1 Å². The number of hydrogen-bond acceptors (Lipinski definition) is 30. The van der Waals surface area contributed by atoms with Gasteiger partial charge in [0.15, 0.2) is 20.5 Å². The first-order chi connectivity index (χ1) is 70.1. The van der Waals surface area contributed by atoms with Crippen LogP contribution in [0.3, 0.4) is 0 Å². The second-order valence-corrected chi connectivity index (χ2v) is 36.6. The molecule has 8 aromatic carbocycles. The number of carbonyl (C=O) groups is 4. The highest BCUT2D eigenvalue weighted by Gasteiger charge is 2.33. The van der Waals surface area contributed by atoms with E-state index in [1.165, 1.54) is 29.0 Å². The van der Waals surface area contributed by atoms with E-state index in [4.69, 9.17) is 55.2 Å². The molecule has 8 aromatic heterocycles. The molecule has 0 aliphatic carbocycles. The van der Waals surface area contributed by atoms with Crippen molar-refractivity contribution in [2.75, 3.05) is 173 Å². The number of anilines is 12. The molecule has 8 amide bonds. The summed E-state index contributed by atoms with van der Waals surface area (Å²) < 4.78 is 65.5. The first-order valence-electron chi connectivity index (χ1n) is 45.2. The van der Waals surface area contributed by atoms with E-state index in [9.17, 15) is 53.2 Å². The van der Waals surface area contributed by atoms with Crippen molar-refractivity contribution in [1.29, 1.82) is 0 Å². The van der Waals surface area contributed by atoms with Crippen LogP contribution < -0.4 is 65.9 Å². The summed E-state index contributed by atoms with van der Waals surface area (Å²) >= 11 is 12.1. The van der Waals surface area contributed by atoms with E-state index in [-0.39, 0.29) is 11.4 Å². The molecule has 12 heterocycles. The molecule has 0 atom stereocenters. The van der Waals surface area contributed by atoms with Gasteiger partial charge in [0.2, 0.25) is 0 Å². The third kappa shape index (κ3) is 25.4. The maximum atomic E-state index is 12.8. The number of aryl methyl sites for hydroxylation is 1. The monoisotopic (exact) mass is 2040 g/mol. The predicted molar refractivity (Wildman–Crippen MR) is 553 cm³/mol. The lowest BCUT2D eigenvalue weighted by atomic mass is 10.1. The number of carbonyl (C=O) groups excluding carboxylic acids is 4. The summed E-state index contributed by atoms with van der Waals surface area (Å²) in [5.74, 6) is 0.674. The molecule has 736 valence electrons. The van der Waals surface area contributed by atoms with Gasteiger partial charge in [-0.05, 0) is 205 Å². The SMILES string of the molecule is COc1ccc(NC(=O)N(O)c2cccc(-c3sc(N4CCOCC4)nc3-c3ccncc3)c2)cc1.Cc1ccc(NC(=O)N(O)c2cccc(-c3sc(N4CCOCC4)nc3-c3ccncc3)c2)cc1.O=C(Nc1ccc(C(F)(F)F)cc1)N(O)c1cccc(-c2sc(N3CCOCC3)nc2-c2ccncc2)c1.O=C(Nc1ccc(Cl)cc1)N(O)c1cccc(-c2sc(N3CCOCC3)nc2-c2ccncn2)c1. The van der Waals surface area contributed by atoms with E-state index >= 15 is 0 Å². The van der Waals surface area contributed by atoms with Gasteiger partial charge >= 0.3 is 30.3 Å². The number of pyridine rings is 3. The number of ether oxygens (including phenoxy) is 5. The topological polar surface area (TPSA) is 385 Å². The molecule has 4 aliphatic heterocycles. The van der Waals surface area contributed by atoms with Crippen molar-refractivity contribution in [2.24, 2.45) is 0 Å². The van der Waals surface area contributed by atoms with Crippen LogP contribution >= 0.6 is 56.9 Å². The lowest BCUT2D eigenvalue weighted by Gasteiger charge is -2.26. The Morgan fingerprint density at radius 1 is 0.361 bits per heavy atom. The fourth-order valence-corrected chi connectivity index (χ4v) is 19.8. The Labute approximate surface area is 844 Å². The summed E-state index contributed by atoms with van der Waals surface area (Å²) in [6.45, 7) is 13.2. The van der Waals surface area contributed by atoms with Crippen molar-refractivity contribution in [3.63, 3.8) is 0 Å². The molecule has 0 bridgehead atoms. The standard InChI is InChI=1S/C26H22F3N5O3S.C26H25N5O4S.C26H25N5O3S.C24H21ClN6O3S/c27-26(28,29)19-4-6-20(7-5-19)31-24(35)34(36)21-3-1-2-18(16-21)23-22(17-8-10-30-11-9-17)32-25(38-23)33-12-14-37-15-13-33;1-34-22-7-5-20(6-8-22)28-25(32)31(33)21-4-2-3-19(17-21)24-23(18-9-11-27-12-10-18)29-26(36-24)30-13-15-35-16-14-30;1-18-5-7-21(8-6-18)28-25(32)31(33)22-4-2-3-20(17-22)24-23(19-9-11-27-12-10-19)29-26(35-24)30-13-15-34-16-14-30;25-17-4-6-18(7-5-17)28-23(32)31(33)19-3-1-2-16(14-19)22-21(20-8-9-26-15-27-20)29-24(35-22)30-10-12-34-13-11-30/h1-11,16,36H,12-15H2,(H,31,35);2-12,17,33H,13-16H2,1H3,(H,28,32);2-12,17,33H,13-16H2,1H3,(H,28,32);1-9,14-15,33H,10-13H2,(H,28,32). The highest BCUT2D eigenvalue weighted by atomic mass is 35.5. The average Bonchev–Trinajstić information content (AvgIpc) is 1.65. The van der Waals surface area contributed by atoms with Gasteiger partial charge in [0.05, 0.1) is 131 Å². The minimum absolute atomic E-state index is 0.107. The lowest BCUT2D eigenvalue weighted by molar-refractivity contribution is -0.137. The quantitative estimate of drug-likeness (QED) is 0.0245. The number of aromatic nitrogens is 9. The van der Waals surface area contributed by atoms with Crippen molar-refractivity contribution in [1.82, 2.24) is 44.9 Å². The minimum Gasteiger partial charge on any atom is -0.497 e. The molecular weight excluding hydrogens is 1950 g/mol. The summed E-state index contributed by atoms with van der Waals surface area (Å²) in [6, 6.07) is 63.4. The molecule has 4 fully saturated rings. The summed E-state index contributed by atoms with van der Waals surface area (Å²) in [7, 11) is 1.57. The van der Waals surface area contributed by atoms with Crippen LogP contribution in [0.2, 0.25) is 5.02 Å². The summed E-state index contributed by atoms with van der Waals surface area (Å²) in [5, 5.41) is 59.3. The molecule has 0 unspecified atom stereocenters. The van der Waals surface area contributed by atoms with E-state index in [0.29, 0.717) is 129 Å². The lowest BCUT2D eigenvalue weighted by Crippen LogP contribution is -2.36. The number of urea groups is 4. The molecule has 0 spiro atoms. The van der Waals surface area contributed by atoms with E-state index in [1.54, 1.807) is 201 Å². The molecule has 0 saturated carbocycles. The van der Waals surface area contributed by atoms with Crippen molar-refractivity contribution >= 4 is 147 Å². The molecule has 4 saturated heterocycles. The number of hydrogen-bond donors (Lipinski definition) is 8. The van der Waals surface area contributed by atoms with E-state index in [1.807, 2.05) is 91.9 Å². The zero-order valence-corrected chi connectivity index (χ0v) is 81.2. The van der Waals surface area contributed by atoms with Crippen LogP contribution in [0.15, 0.2) is 286 Å². The van der Waals surface area contributed by atoms with Crippen molar-refractivity contribution in [3.8, 4) is 92.7 Å². The number of halogens is 4. The average molecular weight is 2040 g/mol. The number of rotatable bonds is 21. The number of alkyl halides is 3. The van der Waals surface area contributed by atoms with E-state index in [0.717, 1.165) is 178 Å². The molecular formula is C102H93ClF3N21O13S4. The molecule has 42 heteroatoms. The number of methoxy groups -OCH3 is 1. The number of hydroxylamine groups is 4. The molecule has 16 aromatic rings. The van der Waals surface area contributed by atoms with Crippen LogP contribution in [0.4, 0.5) is 98.4 Å². The van der Waals surface area contributed by atoms with Gasteiger partial charge < -0.3 is 64.6 Å². The maximum absolute atomic E-state index is 12.8. The number of amides is 8. The van der Waals surface area contributed by atoms with Gasteiger partial charge in [-0.1, -0.05) is 123 Å². The Morgan fingerprint density at radius 2 is 0.639 bits per heavy atom. The summed E-state index contributed by atoms with van der Waals surface area (Å²) in [4.78, 5) is 103. The van der Waals surface area contributed by atoms with Crippen molar-refractivity contribution in [3.05, 3.63) is 302 Å². The highest BCUT2D eigenvalue weighted by Crippen LogP contribution is 2.47. The fraction of sp³-hybridized carbons (Fsp3) is 0.186. The van der Waals surface area contributed by atoms with Gasteiger partial charge in [-0.3, -0.25) is 35.8 Å². The zero-order valence-electron chi connectivity index (χ0n) is 77.2. The Kier molecular flexibility index (Phi) is 33.0. The summed E-state index contributed by atoms with van der Waals surface area (Å²) in [6.07, 6.45) is 9.01. The third-order valence-electron chi connectivity index (χ3n) is 22.7. The molecule has 20 rings (SSSR count). The molecule has 0 radical (unpaired) electrons. The van der Waals surface area contributed by atoms with Crippen molar-refractivity contribution < 1.29 is 76.9 Å². The van der Waals surface area contributed by atoms with Crippen LogP contribution in [0.5, 0.6) is 5.75 Å². The zero-order chi connectivity index (χ0) is 100. The first kappa shape index (κ1) is 100. The minimum atomic E-state index is -4.49. The van der Waals surface area contributed by atoms with Gasteiger partial charge in [0.1, 0.15) is 17.8 Å². The Hall–Kier alpha value is -15.4. The maximum Gasteiger partial charge on any atom is 0.416 e. The van der Waals surface area contributed by atoms with Gasteiger partial charge in [0.25, 0.3) is 0 Å². The predicted octanol–water partition coefficient (Wildman–Crippen LogP) is 21.9. The Bertz CT molecular complexity index is 6820. The Morgan fingerprint density at radius 3 is 0.931 bits per heavy atom. The molecule has 8 N–H and O–H groups in total.